The van der Waals surface area contributed by atoms with E-state index in [1.54, 1.807) is 11.2 Å². The molecule has 0 saturated carbocycles. The second-order valence-electron chi connectivity index (χ2n) is 4.76. The van der Waals surface area contributed by atoms with Gasteiger partial charge in [0.1, 0.15) is 5.76 Å². The average Bonchev–Trinajstić information content (AvgIpc) is 2.87. The van der Waals surface area contributed by atoms with Gasteiger partial charge in [0.25, 0.3) is 0 Å². The Bertz CT molecular complexity index is 349. The zero-order valence-electron chi connectivity index (χ0n) is 11.8. The molecular formula is C14H24N2O2. The lowest BCUT2D eigenvalue weighted by Gasteiger charge is -2.23. The van der Waals surface area contributed by atoms with E-state index in [2.05, 4.69) is 12.2 Å². The highest BCUT2D eigenvalue weighted by Gasteiger charge is 2.17. The summed E-state index contributed by atoms with van der Waals surface area (Å²) in [6.45, 7) is 6.73. The molecule has 0 aromatic carbocycles. The van der Waals surface area contributed by atoms with Gasteiger partial charge in [0.2, 0.25) is 5.91 Å². The van der Waals surface area contributed by atoms with E-state index >= 15 is 0 Å². The Labute approximate surface area is 109 Å². The Kier molecular flexibility index (Phi) is 5.92. The van der Waals surface area contributed by atoms with Gasteiger partial charge < -0.3 is 14.6 Å². The molecule has 0 fully saturated rings. The number of nitrogens with zero attached hydrogens (tertiary/aromatic N) is 1. The van der Waals surface area contributed by atoms with Gasteiger partial charge in [-0.3, -0.25) is 4.79 Å². The molecule has 0 spiro atoms. The van der Waals surface area contributed by atoms with Crippen LogP contribution < -0.4 is 5.32 Å². The molecule has 2 atom stereocenters. The van der Waals surface area contributed by atoms with Crippen LogP contribution in [0.2, 0.25) is 0 Å². The number of rotatable bonds is 7. The molecular weight excluding hydrogens is 228 g/mol. The zero-order chi connectivity index (χ0) is 13.5. The number of aryl methyl sites for hydroxylation is 1. The lowest BCUT2D eigenvalue weighted by molar-refractivity contribution is -0.131. The van der Waals surface area contributed by atoms with Crippen LogP contribution in [0.4, 0.5) is 0 Å². The topological polar surface area (TPSA) is 45.5 Å². The largest absolute Gasteiger partial charge is 0.469 e. The van der Waals surface area contributed by atoms with Crippen molar-refractivity contribution in [3.8, 4) is 0 Å². The van der Waals surface area contributed by atoms with Gasteiger partial charge in [-0.2, -0.15) is 0 Å². The summed E-state index contributed by atoms with van der Waals surface area (Å²) in [5.41, 5.74) is 0. The summed E-state index contributed by atoms with van der Waals surface area (Å²) in [5, 5.41) is 3.32. The monoisotopic (exact) mass is 252 g/mol. The molecule has 0 radical (unpaired) electrons. The van der Waals surface area contributed by atoms with Crippen molar-refractivity contribution in [3.05, 3.63) is 24.2 Å². The minimum absolute atomic E-state index is 0.137. The van der Waals surface area contributed by atoms with E-state index in [4.69, 9.17) is 4.42 Å². The first-order valence-corrected chi connectivity index (χ1v) is 6.58. The molecule has 1 amide bonds. The van der Waals surface area contributed by atoms with Gasteiger partial charge >= 0.3 is 0 Å². The zero-order valence-corrected chi connectivity index (χ0v) is 11.8. The molecule has 0 aliphatic heterocycles. The molecule has 0 saturated heterocycles. The number of furan rings is 1. The number of nitrogens with one attached hydrogen (secondary N) is 1. The highest BCUT2D eigenvalue weighted by atomic mass is 16.3. The first-order chi connectivity index (χ1) is 8.54. The van der Waals surface area contributed by atoms with Crippen molar-refractivity contribution in [1.29, 1.82) is 0 Å². The fourth-order valence-corrected chi connectivity index (χ4v) is 1.88. The Balaban J connectivity index is 2.30. The van der Waals surface area contributed by atoms with Gasteiger partial charge in [0.15, 0.2) is 0 Å². The molecule has 1 N–H and O–H groups in total. The fraction of sp³-hybridized carbons (Fsp3) is 0.643. The van der Waals surface area contributed by atoms with Crippen LogP contribution >= 0.6 is 0 Å². The molecule has 1 rings (SSSR count). The molecule has 0 aliphatic carbocycles. The molecule has 18 heavy (non-hydrogen) atoms. The van der Waals surface area contributed by atoms with E-state index in [0.717, 1.165) is 25.1 Å². The summed E-state index contributed by atoms with van der Waals surface area (Å²) in [6, 6.07) is 4.03. The lowest BCUT2D eigenvalue weighted by atomic mass is 10.1. The van der Waals surface area contributed by atoms with Crippen LogP contribution in [0, 0.1) is 0 Å². The Morgan fingerprint density at radius 2 is 2.22 bits per heavy atom. The van der Waals surface area contributed by atoms with Gasteiger partial charge in [-0.15, -0.1) is 0 Å². The third kappa shape index (κ3) is 4.53. The first-order valence-electron chi connectivity index (χ1n) is 6.58. The van der Waals surface area contributed by atoms with Gasteiger partial charge in [0.05, 0.1) is 12.3 Å². The highest BCUT2D eigenvalue weighted by Crippen LogP contribution is 2.06. The van der Waals surface area contributed by atoms with Crippen molar-refractivity contribution in [3.63, 3.8) is 0 Å². The number of hydrogen-bond donors (Lipinski definition) is 1. The van der Waals surface area contributed by atoms with Crippen LogP contribution in [-0.4, -0.2) is 36.5 Å². The van der Waals surface area contributed by atoms with Crippen molar-refractivity contribution in [2.75, 3.05) is 13.6 Å². The Morgan fingerprint density at radius 3 is 2.78 bits per heavy atom. The molecule has 4 nitrogen and oxygen atoms in total. The molecule has 0 aliphatic rings. The summed E-state index contributed by atoms with van der Waals surface area (Å²) in [4.78, 5) is 13.6. The van der Waals surface area contributed by atoms with Crippen molar-refractivity contribution in [2.45, 2.75) is 45.7 Å². The van der Waals surface area contributed by atoms with E-state index < -0.39 is 0 Å². The second kappa shape index (κ2) is 7.21. The third-order valence-electron chi connectivity index (χ3n) is 3.16. The number of amides is 1. The summed E-state index contributed by atoms with van der Waals surface area (Å²) in [6.07, 6.45) is 3.54. The summed E-state index contributed by atoms with van der Waals surface area (Å²) in [7, 11) is 1.83. The van der Waals surface area contributed by atoms with Crippen LogP contribution in [0.3, 0.4) is 0 Å². The van der Waals surface area contributed by atoms with E-state index in [-0.39, 0.29) is 11.9 Å². The van der Waals surface area contributed by atoms with E-state index in [0.29, 0.717) is 6.04 Å². The SMILES string of the molecule is CCN(C)C(=O)C(C)NC(C)CCc1ccco1. The van der Waals surface area contributed by atoms with Crippen LogP contribution in [-0.2, 0) is 11.2 Å². The van der Waals surface area contributed by atoms with Gasteiger partial charge in [0, 0.05) is 26.1 Å². The minimum atomic E-state index is -0.137. The number of carbonyl (C=O) groups excluding carboxylic acids is 1. The lowest BCUT2D eigenvalue weighted by Crippen LogP contribution is -2.46. The molecule has 2 unspecified atom stereocenters. The van der Waals surface area contributed by atoms with Crippen LogP contribution in [0.5, 0.6) is 0 Å². The highest BCUT2D eigenvalue weighted by molar-refractivity contribution is 5.81. The van der Waals surface area contributed by atoms with Crippen molar-refractivity contribution in [2.24, 2.45) is 0 Å². The Morgan fingerprint density at radius 1 is 1.50 bits per heavy atom. The predicted octanol–water partition coefficient (Wildman–Crippen LogP) is 2.06. The normalized spacial score (nSPS) is 14.2. The second-order valence-corrected chi connectivity index (χ2v) is 4.76. The predicted molar refractivity (Wildman–Crippen MR) is 72.4 cm³/mol. The van der Waals surface area contributed by atoms with Gasteiger partial charge in [-0.05, 0) is 39.3 Å². The standard InChI is InChI=1S/C14H24N2O2/c1-5-16(4)14(17)12(3)15-11(2)8-9-13-7-6-10-18-13/h6-7,10-12,15H,5,8-9H2,1-4H3. The summed E-state index contributed by atoms with van der Waals surface area (Å²) < 4.78 is 5.29. The molecule has 0 bridgehead atoms. The van der Waals surface area contributed by atoms with Crippen molar-refractivity contribution in [1.82, 2.24) is 10.2 Å². The van der Waals surface area contributed by atoms with Gasteiger partial charge in [-0.1, -0.05) is 0 Å². The average molecular weight is 252 g/mol. The third-order valence-corrected chi connectivity index (χ3v) is 3.16. The van der Waals surface area contributed by atoms with Crippen LogP contribution in [0.25, 0.3) is 0 Å². The molecule has 1 aromatic rings. The first kappa shape index (κ1) is 14.8. The number of likely N-dealkylation sites (N-methyl/N-ethyl adjacent to an activating group) is 1. The van der Waals surface area contributed by atoms with E-state index in [1.807, 2.05) is 33.0 Å². The molecule has 102 valence electrons. The van der Waals surface area contributed by atoms with E-state index in [1.165, 1.54) is 0 Å². The summed E-state index contributed by atoms with van der Waals surface area (Å²) >= 11 is 0. The maximum absolute atomic E-state index is 11.9. The van der Waals surface area contributed by atoms with Crippen LogP contribution in [0.15, 0.2) is 22.8 Å². The molecule has 1 heterocycles. The summed E-state index contributed by atoms with van der Waals surface area (Å²) in [5.74, 6) is 1.13. The maximum Gasteiger partial charge on any atom is 0.239 e. The minimum Gasteiger partial charge on any atom is -0.469 e. The van der Waals surface area contributed by atoms with Gasteiger partial charge in [-0.25, -0.2) is 0 Å². The maximum atomic E-state index is 11.9. The fourth-order valence-electron chi connectivity index (χ4n) is 1.88. The number of carbonyl (C=O) groups is 1. The van der Waals surface area contributed by atoms with Crippen molar-refractivity contribution < 1.29 is 9.21 Å². The van der Waals surface area contributed by atoms with E-state index in [9.17, 15) is 4.79 Å². The number of hydrogen-bond acceptors (Lipinski definition) is 3. The van der Waals surface area contributed by atoms with Crippen LogP contribution in [0.1, 0.15) is 33.0 Å². The Hall–Kier alpha value is -1.29. The molecule has 1 aromatic heterocycles. The smallest absolute Gasteiger partial charge is 0.239 e. The molecule has 4 heteroatoms. The van der Waals surface area contributed by atoms with Crippen molar-refractivity contribution >= 4 is 5.91 Å². The quantitative estimate of drug-likeness (QED) is 0.808.